The molecule has 2 amide bonds. The van der Waals surface area contributed by atoms with E-state index in [1.54, 1.807) is 4.90 Å². The fourth-order valence-corrected chi connectivity index (χ4v) is 3.94. The number of carbonyl (C=O) groups is 2. The first-order valence-electron chi connectivity index (χ1n) is 10.2. The van der Waals surface area contributed by atoms with Crippen LogP contribution in [-0.2, 0) is 14.3 Å². The van der Waals surface area contributed by atoms with Gasteiger partial charge in [0.05, 0.1) is 6.10 Å². The zero-order chi connectivity index (χ0) is 19.1. The van der Waals surface area contributed by atoms with Crippen LogP contribution in [0.5, 0.6) is 0 Å². The van der Waals surface area contributed by atoms with Gasteiger partial charge in [-0.05, 0) is 44.2 Å². The second-order valence-electron chi connectivity index (χ2n) is 7.40. The van der Waals surface area contributed by atoms with E-state index in [0.717, 1.165) is 37.7 Å². The van der Waals surface area contributed by atoms with Gasteiger partial charge in [0.25, 0.3) is 0 Å². The van der Waals surface area contributed by atoms with Crippen LogP contribution in [0.4, 0.5) is 0 Å². The molecule has 0 bridgehead atoms. The molecule has 0 aromatic heterocycles. The average Bonchev–Trinajstić information content (AvgIpc) is 2.71. The van der Waals surface area contributed by atoms with Crippen LogP contribution in [-0.4, -0.2) is 60.5 Å². The maximum Gasteiger partial charge on any atom is 0.250 e. The topological polar surface area (TPSA) is 75.9 Å². The molecule has 27 heavy (non-hydrogen) atoms. The molecule has 2 N–H and O–H groups in total. The molecule has 2 saturated heterocycles. The van der Waals surface area contributed by atoms with Crippen LogP contribution >= 0.6 is 0 Å². The van der Waals surface area contributed by atoms with E-state index in [4.69, 9.17) is 10.5 Å². The molecule has 1 aromatic rings. The van der Waals surface area contributed by atoms with Crippen molar-refractivity contribution in [3.05, 3.63) is 35.9 Å². The number of likely N-dealkylation sites (tertiary alicyclic amines) is 2. The highest BCUT2D eigenvalue weighted by Crippen LogP contribution is 2.29. The fourth-order valence-electron chi connectivity index (χ4n) is 3.94. The Balaban J connectivity index is 1.68. The third kappa shape index (κ3) is 5.08. The van der Waals surface area contributed by atoms with Crippen molar-refractivity contribution < 1.29 is 14.3 Å². The maximum absolute atomic E-state index is 13.4. The SMILES string of the molecule is NCCCOC1CCN(C(=O)C(c2ccccc2)N2CCCCC2=O)CC1. The lowest BCUT2D eigenvalue weighted by atomic mass is 9.98. The van der Waals surface area contributed by atoms with E-state index >= 15 is 0 Å². The molecule has 2 aliphatic rings. The van der Waals surface area contributed by atoms with E-state index < -0.39 is 6.04 Å². The number of rotatable bonds is 7. The predicted molar refractivity (Wildman–Crippen MR) is 104 cm³/mol. The van der Waals surface area contributed by atoms with E-state index in [-0.39, 0.29) is 17.9 Å². The molecule has 148 valence electrons. The van der Waals surface area contributed by atoms with Crippen molar-refractivity contribution in [2.45, 2.75) is 50.7 Å². The summed E-state index contributed by atoms with van der Waals surface area (Å²) in [6, 6.07) is 9.20. The van der Waals surface area contributed by atoms with Crippen LogP contribution in [0.25, 0.3) is 0 Å². The first kappa shape index (κ1) is 19.8. The van der Waals surface area contributed by atoms with Gasteiger partial charge in [0, 0.05) is 32.7 Å². The number of benzene rings is 1. The molecule has 6 heteroatoms. The van der Waals surface area contributed by atoms with Gasteiger partial charge >= 0.3 is 0 Å². The van der Waals surface area contributed by atoms with Crippen molar-refractivity contribution in [1.82, 2.24) is 9.80 Å². The second-order valence-corrected chi connectivity index (χ2v) is 7.40. The molecular formula is C21H31N3O3. The van der Waals surface area contributed by atoms with Crippen LogP contribution < -0.4 is 5.73 Å². The summed E-state index contributed by atoms with van der Waals surface area (Å²) in [6.07, 6.45) is 5.15. The Morgan fingerprint density at radius 2 is 1.89 bits per heavy atom. The summed E-state index contributed by atoms with van der Waals surface area (Å²) >= 11 is 0. The van der Waals surface area contributed by atoms with Crippen molar-refractivity contribution in [2.24, 2.45) is 5.73 Å². The number of nitrogens with zero attached hydrogens (tertiary/aromatic N) is 2. The third-order valence-electron chi connectivity index (χ3n) is 5.48. The summed E-state index contributed by atoms with van der Waals surface area (Å²) < 4.78 is 5.85. The van der Waals surface area contributed by atoms with Crippen LogP contribution in [0, 0.1) is 0 Å². The van der Waals surface area contributed by atoms with Crippen molar-refractivity contribution in [2.75, 3.05) is 32.8 Å². The van der Waals surface area contributed by atoms with Crippen LogP contribution in [0.1, 0.15) is 50.1 Å². The van der Waals surface area contributed by atoms with Crippen LogP contribution in [0.15, 0.2) is 30.3 Å². The molecule has 3 rings (SSSR count). The zero-order valence-corrected chi connectivity index (χ0v) is 16.0. The summed E-state index contributed by atoms with van der Waals surface area (Å²) in [5, 5.41) is 0. The molecule has 1 atom stereocenters. The Morgan fingerprint density at radius 3 is 2.56 bits per heavy atom. The molecule has 2 aliphatic heterocycles. The van der Waals surface area contributed by atoms with Crippen LogP contribution in [0.2, 0.25) is 0 Å². The van der Waals surface area contributed by atoms with Gasteiger partial charge < -0.3 is 20.3 Å². The lowest BCUT2D eigenvalue weighted by Gasteiger charge is -2.39. The number of hydrogen-bond donors (Lipinski definition) is 1. The van der Waals surface area contributed by atoms with Crippen molar-refractivity contribution in [3.8, 4) is 0 Å². The van der Waals surface area contributed by atoms with Gasteiger partial charge in [0.2, 0.25) is 11.8 Å². The standard InChI is InChI=1S/C21H31N3O3/c22-12-6-16-27-18-10-14-23(15-11-18)21(26)20(17-7-2-1-3-8-17)24-13-5-4-9-19(24)25/h1-3,7-8,18,20H,4-6,9-16,22H2. The van der Waals surface area contributed by atoms with Crippen LogP contribution in [0.3, 0.4) is 0 Å². The quantitative estimate of drug-likeness (QED) is 0.743. The highest BCUT2D eigenvalue weighted by molar-refractivity contribution is 5.89. The highest BCUT2D eigenvalue weighted by Gasteiger charge is 2.36. The Hall–Kier alpha value is -1.92. The first-order valence-corrected chi connectivity index (χ1v) is 10.2. The van der Waals surface area contributed by atoms with E-state index in [0.29, 0.717) is 39.2 Å². The normalized spacial score (nSPS) is 20.0. The lowest BCUT2D eigenvalue weighted by Crippen LogP contribution is -2.49. The van der Waals surface area contributed by atoms with E-state index in [2.05, 4.69) is 0 Å². The first-order chi connectivity index (χ1) is 13.2. The fraction of sp³-hybridized carbons (Fsp3) is 0.619. The molecule has 2 heterocycles. The molecule has 2 fully saturated rings. The minimum absolute atomic E-state index is 0.0388. The third-order valence-corrected chi connectivity index (χ3v) is 5.48. The highest BCUT2D eigenvalue weighted by atomic mass is 16.5. The number of hydrogen-bond acceptors (Lipinski definition) is 4. The summed E-state index contributed by atoms with van der Waals surface area (Å²) in [7, 11) is 0. The minimum Gasteiger partial charge on any atom is -0.378 e. The van der Waals surface area contributed by atoms with Crippen molar-refractivity contribution >= 4 is 11.8 Å². The molecule has 0 saturated carbocycles. The lowest BCUT2D eigenvalue weighted by molar-refractivity contribution is -0.149. The van der Waals surface area contributed by atoms with Gasteiger partial charge in [-0.1, -0.05) is 30.3 Å². The van der Waals surface area contributed by atoms with Gasteiger partial charge in [-0.3, -0.25) is 9.59 Å². The molecule has 0 radical (unpaired) electrons. The minimum atomic E-state index is -0.506. The largest absolute Gasteiger partial charge is 0.378 e. The Kier molecular flexibility index (Phi) is 7.24. The van der Waals surface area contributed by atoms with E-state index in [1.165, 1.54) is 0 Å². The maximum atomic E-state index is 13.4. The molecule has 0 spiro atoms. The summed E-state index contributed by atoms with van der Waals surface area (Å²) in [5.74, 6) is 0.125. The summed E-state index contributed by atoms with van der Waals surface area (Å²) in [4.78, 5) is 29.6. The van der Waals surface area contributed by atoms with Gasteiger partial charge in [0.15, 0.2) is 0 Å². The summed E-state index contributed by atoms with van der Waals surface area (Å²) in [5.41, 5.74) is 6.41. The van der Waals surface area contributed by atoms with Gasteiger partial charge in [-0.15, -0.1) is 0 Å². The van der Waals surface area contributed by atoms with E-state index in [1.807, 2.05) is 35.2 Å². The Labute approximate surface area is 161 Å². The Morgan fingerprint density at radius 1 is 1.15 bits per heavy atom. The van der Waals surface area contributed by atoms with Gasteiger partial charge in [-0.2, -0.15) is 0 Å². The molecule has 1 unspecified atom stereocenters. The van der Waals surface area contributed by atoms with Gasteiger partial charge in [0.1, 0.15) is 6.04 Å². The predicted octanol–water partition coefficient (Wildman–Crippen LogP) is 2.10. The molecule has 1 aromatic carbocycles. The Bertz CT molecular complexity index is 614. The zero-order valence-electron chi connectivity index (χ0n) is 16.0. The molecular weight excluding hydrogens is 342 g/mol. The number of piperidine rings is 2. The van der Waals surface area contributed by atoms with Crippen molar-refractivity contribution in [3.63, 3.8) is 0 Å². The number of nitrogens with two attached hydrogens (primary N) is 1. The monoisotopic (exact) mass is 373 g/mol. The van der Waals surface area contributed by atoms with Crippen molar-refractivity contribution in [1.29, 1.82) is 0 Å². The average molecular weight is 373 g/mol. The molecule has 6 nitrogen and oxygen atoms in total. The van der Waals surface area contributed by atoms with E-state index in [9.17, 15) is 9.59 Å². The number of carbonyl (C=O) groups excluding carboxylic acids is 2. The molecule has 0 aliphatic carbocycles. The number of amides is 2. The second kappa shape index (κ2) is 9.85. The summed E-state index contributed by atoms with van der Waals surface area (Å²) in [6.45, 7) is 3.34. The number of ether oxygens (including phenoxy) is 1. The van der Waals surface area contributed by atoms with Gasteiger partial charge in [-0.25, -0.2) is 0 Å². The smallest absolute Gasteiger partial charge is 0.250 e.